The molecule has 0 spiro atoms. The summed E-state index contributed by atoms with van der Waals surface area (Å²) < 4.78 is 4.78. The van der Waals surface area contributed by atoms with Crippen molar-refractivity contribution in [2.45, 2.75) is 18.9 Å². The lowest BCUT2D eigenvalue weighted by Gasteiger charge is -2.03. The molecule has 0 aliphatic carbocycles. The van der Waals surface area contributed by atoms with E-state index in [1.807, 2.05) is 6.07 Å². The van der Waals surface area contributed by atoms with E-state index in [0.717, 1.165) is 0 Å². The van der Waals surface area contributed by atoms with E-state index in [1.54, 1.807) is 31.2 Å². The Morgan fingerprint density at radius 2 is 1.93 bits per heavy atom. The average molecular weight is 190 g/mol. The monoisotopic (exact) mass is 190 g/mol. The first-order valence-electron chi connectivity index (χ1n) is 4.54. The van der Waals surface area contributed by atoms with E-state index in [1.165, 1.54) is 0 Å². The van der Waals surface area contributed by atoms with E-state index in [2.05, 4.69) is 0 Å². The Morgan fingerprint density at radius 1 is 1.36 bits per heavy atom. The predicted octanol–water partition coefficient (Wildman–Crippen LogP) is 1.57. The average Bonchev–Trinajstić information content (AvgIpc) is 2.91. The summed E-state index contributed by atoms with van der Waals surface area (Å²) in [5.74, 6) is -0.639. The minimum absolute atomic E-state index is 0.231. The number of Topliss-reactive ketones (excluding diaryl/α,β-unsaturated/α-hetero) is 1. The molecule has 1 fully saturated rings. The van der Waals surface area contributed by atoms with Gasteiger partial charge in [-0.25, -0.2) is 4.79 Å². The normalized spacial score (nSPS) is 24.2. The molecule has 0 aromatic heterocycles. The van der Waals surface area contributed by atoms with Gasteiger partial charge < -0.3 is 4.74 Å². The second-order valence-electron chi connectivity index (χ2n) is 3.27. The van der Waals surface area contributed by atoms with Crippen LogP contribution in [-0.2, 0) is 9.53 Å². The number of hydrogen-bond donors (Lipinski definition) is 0. The van der Waals surface area contributed by atoms with Gasteiger partial charge in [-0.05, 0) is 0 Å². The van der Waals surface area contributed by atoms with Crippen molar-refractivity contribution in [3.05, 3.63) is 35.9 Å². The van der Waals surface area contributed by atoms with E-state index < -0.39 is 11.6 Å². The molecular weight excluding hydrogens is 180 g/mol. The van der Waals surface area contributed by atoms with Crippen LogP contribution in [0.1, 0.15) is 23.7 Å². The molecule has 0 bridgehead atoms. The topological polar surface area (TPSA) is 46.7 Å². The van der Waals surface area contributed by atoms with E-state index in [4.69, 9.17) is 4.74 Å². The van der Waals surface area contributed by atoms with Crippen LogP contribution >= 0.6 is 0 Å². The van der Waals surface area contributed by atoms with Crippen molar-refractivity contribution in [2.75, 3.05) is 0 Å². The molecule has 1 saturated heterocycles. The summed E-state index contributed by atoms with van der Waals surface area (Å²) in [6.07, 6.45) is 0.402. The molecule has 0 radical (unpaired) electrons. The maximum atomic E-state index is 11.8. The van der Waals surface area contributed by atoms with Crippen LogP contribution in [0.25, 0.3) is 0 Å². The molecule has 3 nitrogen and oxygen atoms in total. The quantitative estimate of drug-likeness (QED) is 0.413. The van der Waals surface area contributed by atoms with Crippen LogP contribution in [-0.4, -0.2) is 17.4 Å². The van der Waals surface area contributed by atoms with Gasteiger partial charge in [-0.2, -0.15) is 0 Å². The van der Waals surface area contributed by atoms with E-state index in [0.29, 0.717) is 12.0 Å². The minimum atomic E-state index is -1.17. The molecule has 3 heteroatoms. The summed E-state index contributed by atoms with van der Waals surface area (Å²) in [6, 6.07) is 8.74. The third-order valence-electron chi connectivity index (χ3n) is 2.46. The van der Waals surface area contributed by atoms with Crippen LogP contribution in [0.5, 0.6) is 0 Å². The van der Waals surface area contributed by atoms with Crippen LogP contribution in [0.2, 0.25) is 0 Å². The molecule has 1 aromatic carbocycles. The fourth-order valence-electron chi connectivity index (χ4n) is 1.47. The third-order valence-corrected chi connectivity index (χ3v) is 2.46. The number of epoxide rings is 1. The maximum Gasteiger partial charge on any atom is 0.360 e. The Bertz CT molecular complexity index is 383. The van der Waals surface area contributed by atoms with Crippen molar-refractivity contribution in [1.29, 1.82) is 0 Å². The summed E-state index contributed by atoms with van der Waals surface area (Å²) in [6.45, 7) is 1.77. The smallest absolute Gasteiger partial charge is 0.360 e. The van der Waals surface area contributed by atoms with Gasteiger partial charge in [0.2, 0.25) is 5.78 Å². The van der Waals surface area contributed by atoms with E-state index >= 15 is 0 Å². The lowest BCUT2D eigenvalue weighted by atomic mass is 9.96. The van der Waals surface area contributed by atoms with Crippen LogP contribution in [0, 0.1) is 0 Å². The molecule has 1 aliphatic rings. The summed E-state index contributed by atoms with van der Waals surface area (Å²) in [4.78, 5) is 22.8. The highest BCUT2D eigenvalue weighted by atomic mass is 16.7. The lowest BCUT2D eigenvalue weighted by molar-refractivity contribution is -0.117. The predicted molar refractivity (Wildman–Crippen MR) is 49.9 cm³/mol. The number of rotatable bonds is 3. The maximum absolute atomic E-state index is 11.8. The van der Waals surface area contributed by atoms with Gasteiger partial charge in [-0.15, -0.1) is 0 Å². The highest BCUT2D eigenvalue weighted by Gasteiger charge is 2.62. The molecule has 0 saturated carbocycles. The second kappa shape index (κ2) is 2.94. The van der Waals surface area contributed by atoms with Gasteiger partial charge in [0.15, 0.2) is 0 Å². The molecule has 1 atom stereocenters. The van der Waals surface area contributed by atoms with Gasteiger partial charge in [0.05, 0.1) is 0 Å². The summed E-state index contributed by atoms with van der Waals surface area (Å²) >= 11 is 0. The zero-order valence-electron chi connectivity index (χ0n) is 7.82. The van der Waals surface area contributed by atoms with Crippen LogP contribution in [0.3, 0.4) is 0 Å². The zero-order valence-corrected chi connectivity index (χ0v) is 7.82. The largest absolute Gasteiger partial charge is 0.435 e. The van der Waals surface area contributed by atoms with Gasteiger partial charge >= 0.3 is 5.97 Å². The first-order valence-corrected chi connectivity index (χ1v) is 4.54. The SMILES string of the molecule is CCC1(C(=O)c2ccccc2)OC1=O. The van der Waals surface area contributed by atoms with Crippen molar-refractivity contribution in [3.63, 3.8) is 0 Å². The Labute approximate surface area is 81.7 Å². The number of carbonyl (C=O) groups is 2. The summed E-state index contributed by atoms with van der Waals surface area (Å²) in [7, 11) is 0. The number of benzene rings is 1. The molecule has 72 valence electrons. The van der Waals surface area contributed by atoms with Gasteiger partial charge in [-0.3, -0.25) is 4.79 Å². The molecule has 1 heterocycles. The zero-order chi connectivity index (χ0) is 10.2. The molecule has 14 heavy (non-hydrogen) atoms. The molecular formula is C11H10O3. The van der Waals surface area contributed by atoms with Crippen molar-refractivity contribution >= 4 is 11.8 Å². The number of ether oxygens (including phenoxy) is 1. The fraction of sp³-hybridized carbons (Fsp3) is 0.273. The molecule has 2 rings (SSSR count). The van der Waals surface area contributed by atoms with Gasteiger partial charge in [0.1, 0.15) is 0 Å². The number of hydrogen-bond acceptors (Lipinski definition) is 3. The first-order chi connectivity index (χ1) is 6.70. The van der Waals surface area contributed by atoms with E-state index in [-0.39, 0.29) is 5.78 Å². The molecule has 1 aliphatic heterocycles. The third kappa shape index (κ3) is 1.13. The standard InChI is InChI=1S/C11H10O3/c1-2-11(10(13)14-11)9(12)8-6-4-3-5-7-8/h3-7H,2H2,1H3. The number of cyclic esters (lactones) is 1. The van der Waals surface area contributed by atoms with Gasteiger partial charge in [0, 0.05) is 12.0 Å². The number of ketones is 1. The second-order valence-corrected chi connectivity index (χ2v) is 3.27. The highest BCUT2D eigenvalue weighted by Crippen LogP contribution is 2.36. The Balaban J connectivity index is 2.30. The molecule has 1 unspecified atom stereocenters. The summed E-state index contributed by atoms with van der Waals surface area (Å²) in [5, 5.41) is 0. The Kier molecular flexibility index (Phi) is 1.88. The number of carbonyl (C=O) groups excluding carboxylic acids is 2. The van der Waals surface area contributed by atoms with Crippen molar-refractivity contribution in [3.8, 4) is 0 Å². The van der Waals surface area contributed by atoms with Gasteiger partial charge in [-0.1, -0.05) is 37.3 Å². The molecule has 0 amide bonds. The molecule has 0 N–H and O–H groups in total. The summed E-state index contributed by atoms with van der Waals surface area (Å²) in [5.41, 5.74) is -0.637. The van der Waals surface area contributed by atoms with Crippen LogP contribution < -0.4 is 0 Å². The Morgan fingerprint density at radius 3 is 2.36 bits per heavy atom. The van der Waals surface area contributed by atoms with Crippen molar-refractivity contribution in [1.82, 2.24) is 0 Å². The highest BCUT2D eigenvalue weighted by molar-refractivity contribution is 6.22. The molecule has 1 aromatic rings. The van der Waals surface area contributed by atoms with Crippen molar-refractivity contribution in [2.24, 2.45) is 0 Å². The lowest BCUT2D eigenvalue weighted by Crippen LogP contribution is -2.25. The van der Waals surface area contributed by atoms with Crippen molar-refractivity contribution < 1.29 is 14.3 Å². The Hall–Kier alpha value is -1.64. The van der Waals surface area contributed by atoms with E-state index in [9.17, 15) is 9.59 Å². The fourth-order valence-corrected chi connectivity index (χ4v) is 1.47. The van der Waals surface area contributed by atoms with Gasteiger partial charge in [0.25, 0.3) is 5.60 Å². The van der Waals surface area contributed by atoms with Crippen LogP contribution in [0.15, 0.2) is 30.3 Å². The minimum Gasteiger partial charge on any atom is -0.435 e. The first kappa shape index (κ1) is 8.94. The van der Waals surface area contributed by atoms with Crippen LogP contribution in [0.4, 0.5) is 0 Å².